The summed E-state index contributed by atoms with van der Waals surface area (Å²) in [7, 11) is 1.74. The van der Waals surface area contributed by atoms with Crippen LogP contribution in [0, 0.1) is 0 Å². The van der Waals surface area contributed by atoms with Crippen molar-refractivity contribution in [2.24, 2.45) is 0 Å². The lowest BCUT2D eigenvalue weighted by Crippen LogP contribution is -2.29. The summed E-state index contributed by atoms with van der Waals surface area (Å²) in [4.78, 5) is 23.8. The second kappa shape index (κ2) is 9.94. The van der Waals surface area contributed by atoms with Crippen LogP contribution in [0.4, 0.5) is 0 Å². The van der Waals surface area contributed by atoms with Gasteiger partial charge in [-0.1, -0.05) is 30.3 Å². The molecule has 0 spiro atoms. The number of carboxylic acids is 1. The summed E-state index contributed by atoms with van der Waals surface area (Å²) >= 11 is 0. The number of carboxylic acid groups (broad SMARTS) is 1. The molecule has 0 aliphatic carbocycles. The van der Waals surface area contributed by atoms with Gasteiger partial charge in [0.2, 0.25) is 5.91 Å². The normalized spacial score (nSPS) is 10.3. The minimum absolute atomic E-state index is 0.0312. The number of aliphatic carboxylic acids is 1. The van der Waals surface area contributed by atoms with E-state index in [9.17, 15) is 9.59 Å². The van der Waals surface area contributed by atoms with E-state index in [2.05, 4.69) is 0 Å². The molecule has 0 saturated carbocycles. The number of unbranched alkanes of at least 4 members (excludes halogenated alkanes) is 1. The maximum atomic E-state index is 11.8. The molecule has 1 amide bonds. The smallest absolute Gasteiger partial charge is 0.303 e. The molecule has 1 N–H and O–H groups in total. The van der Waals surface area contributed by atoms with Crippen LogP contribution in [0.15, 0.2) is 30.3 Å². The third-order valence-electron chi connectivity index (χ3n) is 3.14. The van der Waals surface area contributed by atoms with Gasteiger partial charge in [0.1, 0.15) is 0 Å². The maximum Gasteiger partial charge on any atom is 0.303 e. The number of rotatable bonds is 10. The largest absolute Gasteiger partial charge is 0.481 e. The molecule has 1 aromatic rings. The van der Waals surface area contributed by atoms with Crippen LogP contribution in [0.25, 0.3) is 0 Å². The van der Waals surface area contributed by atoms with Crippen molar-refractivity contribution < 1.29 is 19.4 Å². The number of hydrogen-bond acceptors (Lipinski definition) is 3. The van der Waals surface area contributed by atoms with Gasteiger partial charge in [0.25, 0.3) is 0 Å². The minimum Gasteiger partial charge on any atom is -0.481 e. The average molecular weight is 293 g/mol. The Morgan fingerprint density at radius 1 is 1.14 bits per heavy atom. The quantitative estimate of drug-likeness (QED) is 0.672. The average Bonchev–Trinajstić information content (AvgIpc) is 2.48. The first-order valence-corrected chi connectivity index (χ1v) is 7.17. The molecule has 0 unspecified atom stereocenters. The van der Waals surface area contributed by atoms with E-state index in [0.29, 0.717) is 39.0 Å². The van der Waals surface area contributed by atoms with Gasteiger partial charge < -0.3 is 14.7 Å². The molecular formula is C16H23NO4. The summed E-state index contributed by atoms with van der Waals surface area (Å²) in [5.41, 5.74) is 1.11. The summed E-state index contributed by atoms with van der Waals surface area (Å²) in [6.07, 6.45) is 1.67. The first kappa shape index (κ1) is 17.2. The van der Waals surface area contributed by atoms with Crippen LogP contribution >= 0.6 is 0 Å². The van der Waals surface area contributed by atoms with Crippen LogP contribution in [-0.4, -0.2) is 42.1 Å². The van der Waals surface area contributed by atoms with Gasteiger partial charge in [-0.25, -0.2) is 0 Å². The molecule has 0 aliphatic rings. The molecule has 0 saturated heterocycles. The molecule has 0 fully saturated rings. The Balaban J connectivity index is 2.08. The van der Waals surface area contributed by atoms with Gasteiger partial charge in [-0.2, -0.15) is 0 Å². The molecule has 0 heterocycles. The number of amides is 1. The standard InChI is InChI=1S/C16H23NO4/c1-17(15(18)9-5-6-10-16(19)20)11-12-21-13-14-7-3-2-4-8-14/h2-4,7-8H,5-6,9-13H2,1H3,(H,19,20). The van der Waals surface area contributed by atoms with E-state index in [4.69, 9.17) is 9.84 Å². The predicted octanol–water partition coefficient (Wildman–Crippen LogP) is 2.31. The van der Waals surface area contributed by atoms with Crippen molar-refractivity contribution in [2.45, 2.75) is 32.3 Å². The Kier molecular flexibility index (Phi) is 8.12. The van der Waals surface area contributed by atoms with Gasteiger partial charge in [0.15, 0.2) is 0 Å². The van der Waals surface area contributed by atoms with Crippen LogP contribution in [0.3, 0.4) is 0 Å². The summed E-state index contributed by atoms with van der Waals surface area (Å²) in [5.74, 6) is -0.784. The fourth-order valence-corrected chi connectivity index (χ4v) is 1.83. The van der Waals surface area contributed by atoms with Crippen molar-refractivity contribution >= 4 is 11.9 Å². The lowest BCUT2D eigenvalue weighted by atomic mass is 10.2. The van der Waals surface area contributed by atoms with E-state index in [-0.39, 0.29) is 12.3 Å². The highest BCUT2D eigenvalue weighted by Crippen LogP contribution is 2.03. The van der Waals surface area contributed by atoms with Crippen molar-refractivity contribution in [3.63, 3.8) is 0 Å². The van der Waals surface area contributed by atoms with Gasteiger partial charge in [-0.05, 0) is 18.4 Å². The number of ether oxygens (including phenoxy) is 1. The fraction of sp³-hybridized carbons (Fsp3) is 0.500. The maximum absolute atomic E-state index is 11.8. The monoisotopic (exact) mass is 293 g/mol. The molecule has 21 heavy (non-hydrogen) atoms. The molecule has 5 heteroatoms. The van der Waals surface area contributed by atoms with Crippen molar-refractivity contribution in [1.82, 2.24) is 4.90 Å². The molecule has 5 nitrogen and oxygen atoms in total. The Labute approximate surface area is 125 Å². The number of nitrogens with zero attached hydrogens (tertiary/aromatic N) is 1. The zero-order valence-electron chi connectivity index (χ0n) is 12.5. The van der Waals surface area contributed by atoms with Crippen molar-refractivity contribution in [2.75, 3.05) is 20.2 Å². The Bertz CT molecular complexity index is 433. The van der Waals surface area contributed by atoms with Crippen LogP contribution in [0.1, 0.15) is 31.2 Å². The predicted molar refractivity (Wildman–Crippen MR) is 79.8 cm³/mol. The van der Waals surface area contributed by atoms with Crippen LogP contribution in [0.5, 0.6) is 0 Å². The summed E-state index contributed by atoms with van der Waals surface area (Å²) in [6, 6.07) is 9.88. The highest BCUT2D eigenvalue weighted by atomic mass is 16.5. The van der Waals surface area contributed by atoms with Crippen LogP contribution < -0.4 is 0 Å². The minimum atomic E-state index is -0.815. The number of carbonyl (C=O) groups excluding carboxylic acids is 1. The van der Waals surface area contributed by atoms with E-state index < -0.39 is 5.97 Å². The van der Waals surface area contributed by atoms with Gasteiger partial charge in [0, 0.05) is 26.4 Å². The Morgan fingerprint density at radius 2 is 1.81 bits per heavy atom. The summed E-state index contributed by atoms with van der Waals surface area (Å²) in [5, 5.41) is 8.51. The SMILES string of the molecule is CN(CCOCc1ccccc1)C(=O)CCCCC(=O)O. The lowest BCUT2D eigenvalue weighted by molar-refractivity contribution is -0.137. The Morgan fingerprint density at radius 3 is 2.48 bits per heavy atom. The third kappa shape index (κ3) is 8.09. The third-order valence-corrected chi connectivity index (χ3v) is 3.14. The molecule has 0 radical (unpaired) electrons. The zero-order chi connectivity index (χ0) is 15.5. The van der Waals surface area contributed by atoms with Gasteiger partial charge >= 0.3 is 5.97 Å². The molecule has 0 atom stereocenters. The van der Waals surface area contributed by atoms with Gasteiger partial charge in [-0.15, -0.1) is 0 Å². The first-order chi connectivity index (χ1) is 10.1. The van der Waals surface area contributed by atoms with E-state index in [1.54, 1.807) is 11.9 Å². The van der Waals surface area contributed by atoms with Crippen LogP contribution in [-0.2, 0) is 20.9 Å². The Hall–Kier alpha value is -1.88. The van der Waals surface area contributed by atoms with Crippen LogP contribution in [0.2, 0.25) is 0 Å². The van der Waals surface area contributed by atoms with Crippen molar-refractivity contribution in [3.05, 3.63) is 35.9 Å². The van der Waals surface area contributed by atoms with E-state index in [0.717, 1.165) is 5.56 Å². The van der Waals surface area contributed by atoms with Gasteiger partial charge in [0.05, 0.1) is 13.2 Å². The second-order valence-corrected chi connectivity index (χ2v) is 4.95. The van der Waals surface area contributed by atoms with Gasteiger partial charge in [-0.3, -0.25) is 9.59 Å². The summed E-state index contributed by atoms with van der Waals surface area (Å²) < 4.78 is 5.53. The molecule has 116 valence electrons. The number of benzene rings is 1. The lowest BCUT2D eigenvalue weighted by Gasteiger charge is -2.17. The summed E-state index contributed by atoms with van der Waals surface area (Å²) in [6.45, 7) is 1.58. The number of likely N-dealkylation sites (N-methyl/N-ethyl adjacent to an activating group) is 1. The highest BCUT2D eigenvalue weighted by Gasteiger charge is 2.08. The topological polar surface area (TPSA) is 66.8 Å². The van der Waals surface area contributed by atoms with E-state index >= 15 is 0 Å². The second-order valence-electron chi connectivity index (χ2n) is 4.95. The molecular weight excluding hydrogens is 270 g/mol. The molecule has 0 bridgehead atoms. The number of hydrogen-bond donors (Lipinski definition) is 1. The molecule has 1 aromatic carbocycles. The number of carbonyl (C=O) groups is 2. The van der Waals surface area contributed by atoms with Crippen molar-refractivity contribution in [3.8, 4) is 0 Å². The molecule has 0 aromatic heterocycles. The molecule has 0 aliphatic heterocycles. The van der Waals surface area contributed by atoms with Crippen molar-refractivity contribution in [1.29, 1.82) is 0 Å². The highest BCUT2D eigenvalue weighted by molar-refractivity contribution is 5.75. The molecule has 1 rings (SSSR count). The zero-order valence-corrected chi connectivity index (χ0v) is 12.5. The fourth-order valence-electron chi connectivity index (χ4n) is 1.83. The van der Waals surface area contributed by atoms with E-state index in [1.165, 1.54) is 0 Å². The first-order valence-electron chi connectivity index (χ1n) is 7.17. The van der Waals surface area contributed by atoms with E-state index in [1.807, 2.05) is 30.3 Å².